The van der Waals surface area contributed by atoms with Crippen molar-refractivity contribution in [1.29, 1.82) is 0 Å². The van der Waals surface area contributed by atoms with Crippen LogP contribution < -0.4 is 9.67 Å². The summed E-state index contributed by atoms with van der Waals surface area (Å²) < 4.78 is 1.77. The van der Waals surface area contributed by atoms with Crippen LogP contribution in [0.5, 0.6) is 0 Å². The van der Waals surface area contributed by atoms with Crippen molar-refractivity contribution in [3.63, 3.8) is 0 Å². The summed E-state index contributed by atoms with van der Waals surface area (Å²) in [6, 6.07) is 0. The zero-order valence-corrected chi connectivity index (χ0v) is 11.7. The van der Waals surface area contributed by atoms with E-state index in [1.165, 1.54) is 20.7 Å². The van der Waals surface area contributed by atoms with Crippen molar-refractivity contribution in [2.45, 2.75) is 33.2 Å². The number of aromatic nitrogens is 1. The van der Waals surface area contributed by atoms with Gasteiger partial charge in [-0.25, -0.2) is 0 Å². The van der Waals surface area contributed by atoms with Crippen LogP contribution in [0.15, 0.2) is 9.79 Å². The minimum absolute atomic E-state index is 0. The van der Waals surface area contributed by atoms with Crippen molar-refractivity contribution in [3.05, 3.63) is 14.5 Å². The lowest BCUT2D eigenvalue weighted by Crippen LogP contribution is -2.25. The van der Waals surface area contributed by atoms with E-state index in [9.17, 15) is 4.79 Å². The second-order valence-corrected chi connectivity index (χ2v) is 4.80. The normalized spacial score (nSPS) is 11.4. The van der Waals surface area contributed by atoms with Crippen LogP contribution in [0.1, 0.15) is 26.7 Å². The van der Waals surface area contributed by atoms with Gasteiger partial charge in [0, 0.05) is 13.1 Å². The Kier molecular flexibility index (Phi) is 7.40. The predicted molar refractivity (Wildman–Crippen MR) is 67.8 cm³/mol. The largest absolute Gasteiger partial charge is 0.319 e. The Balaban J connectivity index is 0.00000169. The average Bonchev–Trinajstić information content (AvgIpc) is 2.46. The third-order valence-electron chi connectivity index (χ3n) is 1.56. The molecule has 0 amide bonds. The Bertz CT molecular complexity index is 366. The molecule has 0 aliphatic heterocycles. The van der Waals surface area contributed by atoms with E-state index in [-0.39, 0.29) is 21.9 Å². The molecule has 1 heterocycles. The van der Waals surface area contributed by atoms with Gasteiger partial charge >= 0.3 is 4.87 Å². The van der Waals surface area contributed by atoms with Crippen LogP contribution in [-0.4, -0.2) is 11.1 Å². The van der Waals surface area contributed by atoms with Crippen molar-refractivity contribution in [3.8, 4) is 0 Å². The number of nitrogens with zero attached hydrogens (tertiary/aromatic N) is 2. The summed E-state index contributed by atoms with van der Waals surface area (Å²) in [5, 5.41) is 0. The molecule has 0 unspecified atom stereocenters. The molecule has 82 valence electrons. The Morgan fingerprint density at radius 3 is 2.57 bits per heavy atom. The molecule has 0 bridgehead atoms. The second-order valence-electron chi connectivity index (χ2n) is 2.75. The van der Waals surface area contributed by atoms with Gasteiger partial charge < -0.3 is 0 Å². The van der Waals surface area contributed by atoms with Gasteiger partial charge in [0.15, 0.2) is 4.80 Å². The van der Waals surface area contributed by atoms with Crippen molar-refractivity contribution >= 4 is 37.7 Å². The third-order valence-corrected chi connectivity index (χ3v) is 3.63. The number of hydrogen-bond acceptors (Lipinski definition) is 4. The molecule has 0 N–H and O–H groups in total. The first-order chi connectivity index (χ1) is 6.29. The summed E-state index contributed by atoms with van der Waals surface area (Å²) >= 11 is 0. The maximum absolute atomic E-state index is 11.3. The van der Waals surface area contributed by atoms with Crippen molar-refractivity contribution < 1.29 is 0 Å². The average molecular weight is 299 g/mol. The van der Waals surface area contributed by atoms with Crippen LogP contribution in [0, 0.1) is 0 Å². The molecule has 14 heavy (non-hydrogen) atoms. The molecule has 1 rings (SSSR count). The molecule has 0 aliphatic carbocycles. The van der Waals surface area contributed by atoms with Crippen molar-refractivity contribution in [2.75, 3.05) is 6.54 Å². The topological polar surface area (TPSA) is 34.4 Å². The first kappa shape index (κ1) is 14.1. The molecule has 0 fully saturated rings. The maximum Gasteiger partial charge on any atom is 0.319 e. The van der Waals surface area contributed by atoms with Crippen LogP contribution in [0.3, 0.4) is 0 Å². The molecule has 0 saturated heterocycles. The lowest BCUT2D eigenvalue weighted by Gasteiger charge is -1.95. The quantitative estimate of drug-likeness (QED) is 0.785. The highest BCUT2D eigenvalue weighted by molar-refractivity contribution is 8.93. The van der Waals surface area contributed by atoms with E-state index < -0.39 is 0 Å². The third kappa shape index (κ3) is 3.67. The highest BCUT2D eigenvalue weighted by atomic mass is 79.9. The van der Waals surface area contributed by atoms with Gasteiger partial charge in [-0.05, 0) is 33.5 Å². The van der Waals surface area contributed by atoms with E-state index in [1.807, 2.05) is 0 Å². The standard InChI is InChI=1S/C8H14N2OS2.BrH/c1-3-5-9-7-10(6-4-2)8(11)13-12-7;/h3-6H2,1-2H3;1H. The Morgan fingerprint density at radius 1 is 1.29 bits per heavy atom. The molecule has 6 heteroatoms. The Labute approximate surface area is 101 Å². The summed E-state index contributed by atoms with van der Waals surface area (Å²) in [4.78, 5) is 16.7. The SMILES string of the molecule is Br.CCCN=c1ssc(=O)n1CCC. The number of rotatable bonds is 4. The van der Waals surface area contributed by atoms with Gasteiger partial charge in [0.25, 0.3) is 0 Å². The zero-order valence-electron chi connectivity index (χ0n) is 8.36. The van der Waals surface area contributed by atoms with Crippen LogP contribution >= 0.6 is 37.7 Å². The minimum atomic E-state index is 0. The number of hydrogen-bond donors (Lipinski definition) is 0. The molecule has 1 aromatic rings. The fraction of sp³-hybridized carbons (Fsp3) is 0.750. The molecule has 0 aromatic carbocycles. The molecular weight excluding hydrogens is 284 g/mol. The van der Waals surface area contributed by atoms with Gasteiger partial charge in [0.05, 0.1) is 0 Å². The first-order valence-electron chi connectivity index (χ1n) is 4.50. The molecule has 3 nitrogen and oxygen atoms in total. The lowest BCUT2D eigenvalue weighted by atomic mass is 10.5. The highest BCUT2D eigenvalue weighted by Crippen LogP contribution is 1.93. The zero-order chi connectivity index (χ0) is 9.68. The first-order valence-corrected chi connectivity index (χ1v) is 6.65. The van der Waals surface area contributed by atoms with Crippen molar-refractivity contribution in [2.24, 2.45) is 4.99 Å². The Morgan fingerprint density at radius 2 is 2.00 bits per heavy atom. The maximum atomic E-state index is 11.3. The fourth-order valence-electron chi connectivity index (χ4n) is 0.971. The minimum Gasteiger partial charge on any atom is -0.275 e. The molecule has 0 spiro atoms. The molecule has 0 saturated carbocycles. The van der Waals surface area contributed by atoms with E-state index in [0.29, 0.717) is 0 Å². The predicted octanol–water partition coefficient (Wildman–Crippen LogP) is 2.27. The van der Waals surface area contributed by atoms with E-state index in [4.69, 9.17) is 0 Å². The Hall–Kier alpha value is 0.0600. The van der Waals surface area contributed by atoms with E-state index in [1.54, 1.807) is 4.57 Å². The highest BCUT2D eigenvalue weighted by Gasteiger charge is 1.99. The summed E-state index contributed by atoms with van der Waals surface area (Å²) in [6.45, 7) is 5.76. The smallest absolute Gasteiger partial charge is 0.275 e. The lowest BCUT2D eigenvalue weighted by molar-refractivity contribution is 0.640. The van der Waals surface area contributed by atoms with Gasteiger partial charge in [0.1, 0.15) is 0 Å². The second kappa shape index (κ2) is 7.36. The molecule has 1 aromatic heterocycles. The summed E-state index contributed by atoms with van der Waals surface area (Å²) in [5.41, 5.74) is 0. The molecule has 0 atom stereocenters. The van der Waals surface area contributed by atoms with Gasteiger partial charge in [-0.1, -0.05) is 13.8 Å². The summed E-state index contributed by atoms with van der Waals surface area (Å²) in [7, 11) is 2.76. The monoisotopic (exact) mass is 298 g/mol. The van der Waals surface area contributed by atoms with Crippen LogP contribution in [-0.2, 0) is 6.54 Å². The van der Waals surface area contributed by atoms with Crippen LogP contribution in [0.2, 0.25) is 0 Å². The van der Waals surface area contributed by atoms with Crippen LogP contribution in [0.4, 0.5) is 0 Å². The van der Waals surface area contributed by atoms with Gasteiger partial charge in [0.2, 0.25) is 0 Å². The number of halogens is 1. The molecular formula is C8H15BrN2OS2. The summed E-state index contributed by atoms with van der Waals surface area (Å²) in [6.07, 6.45) is 2.01. The van der Waals surface area contributed by atoms with Gasteiger partial charge in [-0.2, -0.15) is 0 Å². The van der Waals surface area contributed by atoms with E-state index in [0.717, 1.165) is 30.7 Å². The molecule has 0 aliphatic rings. The fourth-order valence-corrected chi connectivity index (χ4v) is 2.99. The summed E-state index contributed by atoms with van der Waals surface area (Å²) in [5.74, 6) is 0. The van der Waals surface area contributed by atoms with Gasteiger partial charge in [-0.3, -0.25) is 14.4 Å². The molecule has 0 radical (unpaired) electrons. The van der Waals surface area contributed by atoms with Crippen molar-refractivity contribution in [1.82, 2.24) is 4.57 Å². The van der Waals surface area contributed by atoms with E-state index >= 15 is 0 Å². The van der Waals surface area contributed by atoms with Gasteiger partial charge in [-0.15, -0.1) is 17.0 Å². The van der Waals surface area contributed by atoms with E-state index in [2.05, 4.69) is 18.8 Å². The van der Waals surface area contributed by atoms with Crippen LogP contribution in [0.25, 0.3) is 0 Å².